The zero-order valence-electron chi connectivity index (χ0n) is 11.5. The van der Waals surface area contributed by atoms with Gasteiger partial charge in [-0.1, -0.05) is 0 Å². The molecule has 0 amide bonds. The van der Waals surface area contributed by atoms with Crippen LogP contribution < -0.4 is 10.5 Å². The highest BCUT2D eigenvalue weighted by molar-refractivity contribution is 9.10. The quantitative estimate of drug-likeness (QED) is 0.558. The lowest BCUT2D eigenvalue weighted by molar-refractivity contribution is -0.0509. The lowest BCUT2D eigenvalue weighted by atomic mass is 10.1. The highest BCUT2D eigenvalue weighted by Gasteiger charge is 2.44. The summed E-state index contributed by atoms with van der Waals surface area (Å²) in [6.07, 6.45) is -2.59. The van der Waals surface area contributed by atoms with Crippen LogP contribution in [0.4, 0.5) is 5.95 Å². The van der Waals surface area contributed by atoms with Gasteiger partial charge in [0.05, 0.1) is 23.6 Å². The first-order valence-electron chi connectivity index (χ1n) is 6.48. The fraction of sp³-hybridized carbons (Fsp3) is 0.500. The molecule has 120 valence electrons. The number of anilines is 1. The van der Waals surface area contributed by atoms with Crippen molar-refractivity contribution in [3.63, 3.8) is 0 Å². The van der Waals surface area contributed by atoms with Gasteiger partial charge < -0.3 is 35.1 Å². The maximum absolute atomic E-state index is 10.1. The summed E-state index contributed by atoms with van der Waals surface area (Å²) in [6, 6.07) is 0. The molecule has 0 spiro atoms. The molecule has 0 unspecified atom stereocenters. The second-order valence-electron chi connectivity index (χ2n) is 4.90. The Hall–Kier alpha value is -1.46. The molecule has 0 aromatic carbocycles. The number of nitrogens with zero attached hydrogens (tertiary/aromatic N) is 3. The summed E-state index contributed by atoms with van der Waals surface area (Å²) >= 11 is 3.38. The maximum atomic E-state index is 10.1. The number of aliphatic hydroxyl groups is 3. The SMILES string of the molecule is COc1nc(N)nc2c1c(Br)cn2[C@@H]1O[C@H](CO)[C@@H](O)[C@H]1O. The predicted molar refractivity (Wildman–Crippen MR) is 79.2 cm³/mol. The van der Waals surface area contributed by atoms with Crippen LogP contribution in [0.5, 0.6) is 5.88 Å². The van der Waals surface area contributed by atoms with Gasteiger partial charge in [-0.2, -0.15) is 9.97 Å². The molecule has 4 atom stereocenters. The van der Waals surface area contributed by atoms with Crippen LogP contribution in [0.2, 0.25) is 0 Å². The van der Waals surface area contributed by atoms with Crippen molar-refractivity contribution >= 4 is 32.9 Å². The zero-order valence-corrected chi connectivity index (χ0v) is 13.1. The van der Waals surface area contributed by atoms with Gasteiger partial charge in [-0.25, -0.2) is 0 Å². The number of ether oxygens (including phenoxy) is 2. The zero-order chi connectivity index (χ0) is 16.0. The minimum Gasteiger partial charge on any atom is -0.480 e. The topological polar surface area (TPSA) is 136 Å². The van der Waals surface area contributed by atoms with Crippen LogP contribution >= 0.6 is 15.9 Å². The minimum absolute atomic E-state index is 0.00273. The number of aromatic nitrogens is 3. The standard InChI is InChI=1S/C12H15BrN4O5/c1-21-10-6-4(13)2-17(9(6)15-12(14)16-10)11-8(20)7(19)5(3-18)22-11/h2,5,7-8,11,18-20H,3H2,1H3,(H2,14,15,16)/t5-,7-,8-,11-/m1/s1. The Balaban J connectivity index is 2.14. The number of hydrogen-bond acceptors (Lipinski definition) is 8. The van der Waals surface area contributed by atoms with E-state index in [0.29, 0.717) is 15.5 Å². The fourth-order valence-corrected chi connectivity index (χ4v) is 3.11. The van der Waals surface area contributed by atoms with E-state index in [1.54, 1.807) is 6.20 Å². The van der Waals surface area contributed by atoms with Gasteiger partial charge in [-0.3, -0.25) is 0 Å². The van der Waals surface area contributed by atoms with Gasteiger partial charge in [-0.05, 0) is 15.9 Å². The molecular formula is C12H15BrN4O5. The van der Waals surface area contributed by atoms with Gasteiger partial charge in [0.15, 0.2) is 11.9 Å². The monoisotopic (exact) mass is 374 g/mol. The first kappa shape index (κ1) is 15.4. The largest absolute Gasteiger partial charge is 0.480 e. The Bertz CT molecular complexity index is 708. The van der Waals surface area contributed by atoms with Crippen molar-refractivity contribution in [2.45, 2.75) is 24.5 Å². The molecule has 1 aliphatic heterocycles. The Labute approximate surface area is 133 Å². The van der Waals surface area contributed by atoms with Gasteiger partial charge in [0.25, 0.3) is 0 Å². The van der Waals surface area contributed by atoms with Crippen molar-refractivity contribution in [2.24, 2.45) is 0 Å². The van der Waals surface area contributed by atoms with Gasteiger partial charge in [-0.15, -0.1) is 0 Å². The smallest absolute Gasteiger partial charge is 0.228 e. The summed E-state index contributed by atoms with van der Waals surface area (Å²) in [6.45, 7) is -0.407. The molecule has 2 aromatic heterocycles. The average molecular weight is 375 g/mol. The lowest BCUT2D eigenvalue weighted by Crippen LogP contribution is -2.33. The van der Waals surface area contributed by atoms with E-state index in [2.05, 4.69) is 25.9 Å². The minimum atomic E-state index is -1.22. The Kier molecular flexibility index (Phi) is 3.95. The van der Waals surface area contributed by atoms with Gasteiger partial charge >= 0.3 is 0 Å². The van der Waals surface area contributed by atoms with Crippen LogP contribution in [0.25, 0.3) is 11.0 Å². The molecular weight excluding hydrogens is 360 g/mol. The van der Waals surface area contributed by atoms with Crippen molar-refractivity contribution in [1.82, 2.24) is 14.5 Å². The lowest BCUT2D eigenvalue weighted by Gasteiger charge is -2.17. The number of nitrogens with two attached hydrogens (primary N) is 1. The van der Waals surface area contributed by atoms with E-state index >= 15 is 0 Å². The van der Waals surface area contributed by atoms with Crippen LogP contribution in [-0.2, 0) is 4.74 Å². The molecule has 1 fully saturated rings. The molecule has 1 saturated heterocycles. The summed E-state index contributed by atoms with van der Waals surface area (Å²) in [4.78, 5) is 8.14. The van der Waals surface area contributed by atoms with Crippen molar-refractivity contribution in [3.05, 3.63) is 10.7 Å². The van der Waals surface area contributed by atoms with Crippen LogP contribution in [0, 0.1) is 0 Å². The number of aliphatic hydroxyl groups excluding tert-OH is 3. The van der Waals surface area contributed by atoms with E-state index in [4.69, 9.17) is 15.2 Å². The summed E-state index contributed by atoms with van der Waals surface area (Å²) in [5, 5.41) is 29.8. The predicted octanol–water partition coefficient (Wildman–Crippen LogP) is -0.604. The van der Waals surface area contributed by atoms with E-state index in [-0.39, 0.29) is 11.8 Å². The molecule has 0 radical (unpaired) electrons. The van der Waals surface area contributed by atoms with Gasteiger partial charge in [0, 0.05) is 6.20 Å². The highest BCUT2D eigenvalue weighted by Crippen LogP contribution is 2.38. The highest BCUT2D eigenvalue weighted by atomic mass is 79.9. The molecule has 3 heterocycles. The van der Waals surface area contributed by atoms with Crippen molar-refractivity contribution < 1.29 is 24.8 Å². The molecule has 2 aromatic rings. The number of nitrogen functional groups attached to an aromatic ring is 1. The normalized spacial score (nSPS) is 28.4. The molecule has 0 bridgehead atoms. The van der Waals surface area contributed by atoms with Crippen LogP contribution in [0.15, 0.2) is 10.7 Å². The van der Waals surface area contributed by atoms with E-state index in [1.807, 2.05) is 0 Å². The first-order chi connectivity index (χ1) is 10.5. The van der Waals surface area contributed by atoms with Crippen molar-refractivity contribution in [3.8, 4) is 5.88 Å². The van der Waals surface area contributed by atoms with E-state index in [1.165, 1.54) is 11.7 Å². The molecule has 0 aliphatic carbocycles. The second-order valence-corrected chi connectivity index (χ2v) is 5.76. The number of halogens is 1. The number of rotatable bonds is 3. The molecule has 5 N–H and O–H groups in total. The molecule has 10 heteroatoms. The Morgan fingerprint density at radius 2 is 2.14 bits per heavy atom. The maximum Gasteiger partial charge on any atom is 0.228 e. The summed E-state index contributed by atoms with van der Waals surface area (Å²) in [5.41, 5.74) is 6.05. The summed E-state index contributed by atoms with van der Waals surface area (Å²) < 4.78 is 12.8. The van der Waals surface area contributed by atoms with E-state index in [9.17, 15) is 15.3 Å². The van der Waals surface area contributed by atoms with Gasteiger partial charge in [0.2, 0.25) is 11.8 Å². The first-order valence-corrected chi connectivity index (χ1v) is 7.27. The fourth-order valence-electron chi connectivity index (χ4n) is 2.54. The van der Waals surface area contributed by atoms with E-state index < -0.39 is 31.1 Å². The average Bonchev–Trinajstić information content (AvgIpc) is 2.97. The van der Waals surface area contributed by atoms with Gasteiger partial charge in [0.1, 0.15) is 18.3 Å². The molecule has 22 heavy (non-hydrogen) atoms. The second kappa shape index (κ2) is 5.63. The van der Waals surface area contributed by atoms with Crippen molar-refractivity contribution in [2.75, 3.05) is 19.5 Å². The van der Waals surface area contributed by atoms with E-state index in [0.717, 1.165) is 0 Å². The van der Waals surface area contributed by atoms with Crippen LogP contribution in [0.1, 0.15) is 6.23 Å². The third-order valence-electron chi connectivity index (χ3n) is 3.59. The molecule has 3 rings (SSSR count). The number of hydrogen-bond donors (Lipinski definition) is 4. The molecule has 0 saturated carbocycles. The number of methoxy groups -OCH3 is 1. The molecule has 1 aliphatic rings. The van der Waals surface area contributed by atoms with Crippen molar-refractivity contribution in [1.29, 1.82) is 0 Å². The summed E-state index contributed by atoms with van der Waals surface area (Å²) in [7, 11) is 1.46. The van der Waals surface area contributed by atoms with Crippen LogP contribution in [-0.4, -0.2) is 61.9 Å². The number of fused-ring (bicyclic) bond motifs is 1. The third kappa shape index (κ3) is 2.23. The molecule has 9 nitrogen and oxygen atoms in total. The van der Waals surface area contributed by atoms with Crippen LogP contribution in [0.3, 0.4) is 0 Å². The summed E-state index contributed by atoms with van der Waals surface area (Å²) in [5.74, 6) is 0.280. The Morgan fingerprint density at radius 3 is 2.73 bits per heavy atom. The third-order valence-corrected chi connectivity index (χ3v) is 4.20. The Morgan fingerprint density at radius 1 is 1.41 bits per heavy atom.